The number of nitrogens with zero attached hydrogens (tertiary/aromatic N) is 3. The second kappa shape index (κ2) is 8.86. The summed E-state index contributed by atoms with van der Waals surface area (Å²) in [5.41, 5.74) is 2.11. The van der Waals surface area contributed by atoms with Gasteiger partial charge in [-0.05, 0) is 57.1 Å². The summed E-state index contributed by atoms with van der Waals surface area (Å²) in [5, 5.41) is 0. The van der Waals surface area contributed by atoms with Gasteiger partial charge in [-0.1, -0.05) is 0 Å². The third-order valence-electron chi connectivity index (χ3n) is 6.02. The molecule has 0 bridgehead atoms. The summed E-state index contributed by atoms with van der Waals surface area (Å²) < 4.78 is 10.9. The number of ether oxygens (including phenoxy) is 2. The van der Waals surface area contributed by atoms with Crippen molar-refractivity contribution >= 4 is 17.8 Å². The molecule has 1 atom stereocenters. The van der Waals surface area contributed by atoms with Crippen molar-refractivity contribution < 1.29 is 19.1 Å². The van der Waals surface area contributed by atoms with Crippen LogP contribution < -0.4 is 9.47 Å². The molecule has 2 heterocycles. The molecule has 1 fully saturated rings. The Bertz CT molecular complexity index is 797. The number of fused-ring (bicyclic) bond motifs is 1. The molecule has 1 saturated heterocycles. The van der Waals surface area contributed by atoms with Crippen LogP contribution in [0.2, 0.25) is 0 Å². The number of aldehydes is 1. The van der Waals surface area contributed by atoms with E-state index in [1.54, 1.807) is 14.2 Å². The van der Waals surface area contributed by atoms with Gasteiger partial charge in [-0.25, -0.2) is 0 Å². The van der Waals surface area contributed by atoms with E-state index in [1.807, 2.05) is 35.1 Å². The van der Waals surface area contributed by atoms with Gasteiger partial charge in [0.1, 0.15) is 12.3 Å². The van der Waals surface area contributed by atoms with Crippen LogP contribution in [0, 0.1) is 0 Å². The summed E-state index contributed by atoms with van der Waals surface area (Å²) >= 11 is 0. The Morgan fingerprint density at radius 3 is 2.31 bits per heavy atom. The minimum absolute atomic E-state index is 0.00141. The van der Waals surface area contributed by atoms with Crippen LogP contribution in [-0.4, -0.2) is 80.9 Å². The van der Waals surface area contributed by atoms with Crippen LogP contribution in [0.5, 0.6) is 11.5 Å². The van der Waals surface area contributed by atoms with Gasteiger partial charge in [0.2, 0.25) is 0 Å². The van der Waals surface area contributed by atoms with Crippen molar-refractivity contribution in [2.45, 2.75) is 31.8 Å². The lowest BCUT2D eigenvalue weighted by Crippen LogP contribution is -2.45. The summed E-state index contributed by atoms with van der Waals surface area (Å²) in [6, 6.07) is 3.68. The molecule has 0 N–H and O–H groups in total. The van der Waals surface area contributed by atoms with Crippen LogP contribution >= 0.6 is 0 Å². The molecule has 2 aliphatic heterocycles. The van der Waals surface area contributed by atoms with Gasteiger partial charge in [0.05, 0.1) is 19.8 Å². The second-order valence-corrected chi connectivity index (χ2v) is 7.74. The lowest BCUT2D eigenvalue weighted by atomic mass is 9.89. The van der Waals surface area contributed by atoms with Crippen molar-refractivity contribution in [2.24, 2.45) is 0 Å². The Kier molecular flexibility index (Phi) is 6.47. The first-order chi connectivity index (χ1) is 13.9. The first-order valence-corrected chi connectivity index (χ1v) is 10.1. The molecule has 0 aromatic heterocycles. The first kappa shape index (κ1) is 21.2. The Hall–Kier alpha value is -2.54. The van der Waals surface area contributed by atoms with E-state index in [2.05, 4.69) is 19.0 Å². The zero-order chi connectivity index (χ0) is 21.1. The highest BCUT2D eigenvalue weighted by atomic mass is 16.5. The van der Waals surface area contributed by atoms with E-state index in [1.165, 1.54) is 0 Å². The normalized spacial score (nSPS) is 19.7. The van der Waals surface area contributed by atoms with Gasteiger partial charge in [-0.2, -0.15) is 0 Å². The molecule has 7 nitrogen and oxygen atoms in total. The van der Waals surface area contributed by atoms with E-state index < -0.39 is 6.04 Å². The van der Waals surface area contributed by atoms with Gasteiger partial charge in [0, 0.05) is 31.9 Å². The van der Waals surface area contributed by atoms with Gasteiger partial charge in [0.15, 0.2) is 11.5 Å². The molecule has 0 spiro atoms. The van der Waals surface area contributed by atoms with Crippen molar-refractivity contribution in [3.63, 3.8) is 0 Å². The maximum absolute atomic E-state index is 13.5. The zero-order valence-corrected chi connectivity index (χ0v) is 18.0. The fourth-order valence-electron chi connectivity index (χ4n) is 4.23. The van der Waals surface area contributed by atoms with Crippen LogP contribution in [0.25, 0.3) is 5.57 Å². The molecule has 1 unspecified atom stereocenters. The Morgan fingerprint density at radius 1 is 1.17 bits per heavy atom. The topological polar surface area (TPSA) is 62.3 Å². The van der Waals surface area contributed by atoms with Crippen LogP contribution in [0.1, 0.15) is 36.9 Å². The molecular formula is C22H31N3O4. The van der Waals surface area contributed by atoms with Crippen molar-refractivity contribution in [1.29, 1.82) is 0 Å². The summed E-state index contributed by atoms with van der Waals surface area (Å²) in [5.74, 6) is 1.10. The molecular weight excluding hydrogens is 370 g/mol. The van der Waals surface area contributed by atoms with Crippen molar-refractivity contribution in [1.82, 2.24) is 14.7 Å². The largest absolute Gasteiger partial charge is 0.493 e. The molecule has 1 amide bonds. The molecule has 0 saturated carbocycles. The highest BCUT2D eigenvalue weighted by molar-refractivity contribution is 6.20. The first-order valence-electron chi connectivity index (χ1n) is 10.1. The number of hydrogen-bond acceptors (Lipinski definition) is 6. The van der Waals surface area contributed by atoms with Gasteiger partial charge < -0.3 is 29.0 Å². The number of likely N-dealkylation sites (tertiary alicyclic amines) is 1. The highest BCUT2D eigenvalue weighted by Gasteiger charge is 2.34. The van der Waals surface area contributed by atoms with Crippen molar-refractivity contribution in [3.05, 3.63) is 29.5 Å². The molecule has 0 radical (unpaired) electrons. The number of benzene rings is 1. The van der Waals surface area contributed by atoms with Gasteiger partial charge in [0.25, 0.3) is 5.91 Å². The zero-order valence-electron chi connectivity index (χ0n) is 18.0. The smallest absolute Gasteiger partial charge is 0.255 e. The lowest BCUT2D eigenvalue weighted by Gasteiger charge is -2.38. The van der Waals surface area contributed by atoms with Crippen LogP contribution in [-0.2, 0) is 9.59 Å². The molecule has 3 rings (SSSR count). The van der Waals surface area contributed by atoms with Crippen molar-refractivity contribution in [3.8, 4) is 11.5 Å². The summed E-state index contributed by atoms with van der Waals surface area (Å²) in [6.07, 6.45) is 4.65. The Morgan fingerprint density at radius 2 is 1.79 bits per heavy atom. The third kappa shape index (κ3) is 3.96. The van der Waals surface area contributed by atoms with E-state index in [-0.39, 0.29) is 5.91 Å². The van der Waals surface area contributed by atoms with E-state index in [9.17, 15) is 9.59 Å². The van der Waals surface area contributed by atoms with Gasteiger partial charge in [-0.15, -0.1) is 0 Å². The number of piperidine rings is 1. The van der Waals surface area contributed by atoms with E-state index in [0.29, 0.717) is 29.7 Å². The molecule has 1 aromatic rings. The van der Waals surface area contributed by atoms with Crippen LogP contribution in [0.4, 0.5) is 0 Å². The third-order valence-corrected chi connectivity index (χ3v) is 6.02. The molecule has 2 aliphatic rings. The van der Waals surface area contributed by atoms with E-state index in [0.717, 1.165) is 43.3 Å². The number of amides is 1. The number of rotatable bonds is 6. The molecule has 29 heavy (non-hydrogen) atoms. The summed E-state index contributed by atoms with van der Waals surface area (Å²) in [7, 11) is 7.30. The monoisotopic (exact) mass is 401 g/mol. The highest BCUT2D eigenvalue weighted by Crippen LogP contribution is 2.41. The SMILES string of the molecule is CCN1C=C(C(=O)N2CCC(N(C)C)CC2)c2cc(OC)c(OC)cc2C1C=O. The fraction of sp³-hybridized carbons (Fsp3) is 0.545. The number of likely N-dealkylation sites (N-methyl/N-ethyl adjacent to an activating group) is 1. The lowest BCUT2D eigenvalue weighted by molar-refractivity contribution is -0.126. The Labute approximate surface area is 172 Å². The predicted molar refractivity (Wildman–Crippen MR) is 112 cm³/mol. The summed E-state index contributed by atoms with van der Waals surface area (Å²) in [6.45, 7) is 4.05. The average molecular weight is 402 g/mol. The van der Waals surface area contributed by atoms with Crippen molar-refractivity contribution in [2.75, 3.05) is 47.9 Å². The maximum Gasteiger partial charge on any atom is 0.255 e. The van der Waals surface area contributed by atoms with Gasteiger partial charge >= 0.3 is 0 Å². The number of methoxy groups -OCH3 is 2. The van der Waals surface area contributed by atoms with E-state index in [4.69, 9.17) is 9.47 Å². The quantitative estimate of drug-likeness (QED) is 0.681. The number of carbonyl (C=O) groups is 2. The van der Waals surface area contributed by atoms with Crippen LogP contribution in [0.3, 0.4) is 0 Å². The minimum atomic E-state index is -0.453. The molecule has 1 aromatic carbocycles. The predicted octanol–water partition coefficient (Wildman–Crippen LogP) is 2.17. The second-order valence-electron chi connectivity index (χ2n) is 7.74. The van der Waals surface area contributed by atoms with Gasteiger partial charge in [-0.3, -0.25) is 4.79 Å². The standard InChI is InChI=1S/C22H31N3O4/c1-6-24-13-18(22(27)25-9-7-15(8-10-25)23(2)3)16-11-20(28-4)21(29-5)12-17(16)19(24)14-26/h11-15,19H,6-10H2,1-5H3. The molecule has 158 valence electrons. The fourth-order valence-corrected chi connectivity index (χ4v) is 4.23. The number of carbonyl (C=O) groups excluding carboxylic acids is 2. The molecule has 0 aliphatic carbocycles. The minimum Gasteiger partial charge on any atom is -0.493 e. The average Bonchev–Trinajstić information content (AvgIpc) is 2.76. The Balaban J connectivity index is 1.99. The maximum atomic E-state index is 13.5. The molecule has 7 heteroatoms. The van der Waals surface area contributed by atoms with Crippen LogP contribution in [0.15, 0.2) is 18.3 Å². The number of hydrogen-bond donors (Lipinski definition) is 0. The van der Waals surface area contributed by atoms with E-state index >= 15 is 0 Å². The summed E-state index contributed by atoms with van der Waals surface area (Å²) in [4.78, 5) is 31.4.